The SMILES string of the molecule is CCN=CCOP(=O)(OC)OC=C(Cl)Cl. The minimum absolute atomic E-state index is 0.0205. The van der Waals surface area contributed by atoms with Crippen molar-refractivity contribution in [2.24, 2.45) is 4.99 Å². The summed E-state index contributed by atoms with van der Waals surface area (Å²) in [5.41, 5.74) is 0. The number of aliphatic imine (C=N–C) groups is 1. The van der Waals surface area contributed by atoms with Crippen LogP contribution in [0.4, 0.5) is 0 Å². The molecule has 88 valence electrons. The largest absolute Gasteiger partial charge is 0.529 e. The number of hydrogen-bond donors (Lipinski definition) is 0. The Morgan fingerprint density at radius 3 is 2.67 bits per heavy atom. The molecule has 0 aliphatic heterocycles. The molecule has 0 radical (unpaired) electrons. The second kappa shape index (κ2) is 8.13. The molecule has 0 saturated heterocycles. The lowest BCUT2D eigenvalue weighted by Gasteiger charge is -2.12. The van der Waals surface area contributed by atoms with Crippen LogP contribution in [-0.2, 0) is 18.1 Å². The van der Waals surface area contributed by atoms with Crippen LogP contribution in [0.25, 0.3) is 0 Å². The summed E-state index contributed by atoms with van der Waals surface area (Å²) in [4.78, 5) is 3.85. The molecular formula is C7H12Cl2NO4P. The summed E-state index contributed by atoms with van der Waals surface area (Å²) in [6.45, 7) is 2.50. The Bertz CT molecular complexity index is 278. The molecule has 0 spiro atoms. The van der Waals surface area contributed by atoms with E-state index >= 15 is 0 Å². The quantitative estimate of drug-likeness (QED) is 0.407. The molecule has 0 aromatic rings. The predicted octanol–water partition coefficient (Wildman–Crippen LogP) is 3.14. The number of phosphoric acid groups is 1. The van der Waals surface area contributed by atoms with Gasteiger partial charge in [-0.2, -0.15) is 0 Å². The lowest BCUT2D eigenvalue weighted by atomic mass is 10.7. The molecule has 15 heavy (non-hydrogen) atoms. The first-order valence-electron chi connectivity index (χ1n) is 4.02. The van der Waals surface area contributed by atoms with Crippen LogP contribution in [0, 0.1) is 0 Å². The van der Waals surface area contributed by atoms with E-state index in [1.54, 1.807) is 0 Å². The maximum atomic E-state index is 11.6. The van der Waals surface area contributed by atoms with Crippen LogP contribution in [0.2, 0.25) is 0 Å². The lowest BCUT2D eigenvalue weighted by Crippen LogP contribution is -1.97. The van der Waals surface area contributed by atoms with Gasteiger partial charge in [0.2, 0.25) is 0 Å². The van der Waals surface area contributed by atoms with Gasteiger partial charge in [0.25, 0.3) is 0 Å². The number of phosphoric ester groups is 1. The van der Waals surface area contributed by atoms with Gasteiger partial charge in [-0.25, -0.2) is 4.57 Å². The van der Waals surface area contributed by atoms with Gasteiger partial charge in [0, 0.05) is 19.9 Å². The summed E-state index contributed by atoms with van der Waals surface area (Å²) in [6.07, 6.45) is 2.34. The maximum absolute atomic E-state index is 11.6. The van der Waals surface area contributed by atoms with Crippen molar-refractivity contribution in [1.29, 1.82) is 0 Å². The Morgan fingerprint density at radius 2 is 2.20 bits per heavy atom. The van der Waals surface area contributed by atoms with E-state index in [0.717, 1.165) is 6.26 Å². The first-order valence-corrected chi connectivity index (χ1v) is 6.24. The van der Waals surface area contributed by atoms with E-state index in [2.05, 4.69) is 14.0 Å². The molecule has 8 heteroatoms. The van der Waals surface area contributed by atoms with Gasteiger partial charge in [-0.05, 0) is 6.92 Å². The van der Waals surface area contributed by atoms with Crippen molar-refractivity contribution in [2.75, 3.05) is 20.3 Å². The molecule has 0 aliphatic carbocycles. The van der Waals surface area contributed by atoms with Crippen molar-refractivity contribution in [3.8, 4) is 0 Å². The molecule has 0 N–H and O–H groups in total. The van der Waals surface area contributed by atoms with Gasteiger partial charge in [-0.3, -0.25) is 14.0 Å². The van der Waals surface area contributed by atoms with Gasteiger partial charge < -0.3 is 4.52 Å². The first kappa shape index (κ1) is 14.9. The monoisotopic (exact) mass is 275 g/mol. The van der Waals surface area contributed by atoms with Crippen LogP contribution in [-0.4, -0.2) is 26.5 Å². The van der Waals surface area contributed by atoms with Crippen LogP contribution in [0.1, 0.15) is 6.92 Å². The fraction of sp³-hybridized carbons (Fsp3) is 0.571. The molecule has 0 aromatic carbocycles. The highest BCUT2D eigenvalue weighted by atomic mass is 35.5. The zero-order chi connectivity index (χ0) is 11.7. The second-order valence-electron chi connectivity index (χ2n) is 2.12. The summed E-state index contributed by atoms with van der Waals surface area (Å²) in [6, 6.07) is 0. The molecule has 0 aromatic heterocycles. The summed E-state index contributed by atoms with van der Waals surface area (Å²) in [7, 11) is -2.44. The van der Waals surface area contributed by atoms with Crippen molar-refractivity contribution in [1.82, 2.24) is 0 Å². The average Bonchev–Trinajstić information content (AvgIpc) is 2.22. The number of hydrogen-bond acceptors (Lipinski definition) is 5. The minimum atomic E-state index is -3.63. The van der Waals surface area contributed by atoms with Crippen molar-refractivity contribution in [2.45, 2.75) is 6.92 Å². The van der Waals surface area contributed by atoms with E-state index in [0.29, 0.717) is 6.54 Å². The van der Waals surface area contributed by atoms with Crippen molar-refractivity contribution >= 4 is 37.2 Å². The van der Waals surface area contributed by atoms with Gasteiger partial charge in [0.1, 0.15) is 10.8 Å². The van der Waals surface area contributed by atoms with Crippen LogP contribution < -0.4 is 0 Å². The van der Waals surface area contributed by atoms with E-state index in [4.69, 9.17) is 27.7 Å². The third kappa shape index (κ3) is 7.82. The van der Waals surface area contributed by atoms with Crippen LogP contribution in [0.15, 0.2) is 15.7 Å². The molecule has 0 amide bonds. The average molecular weight is 276 g/mol. The first-order chi connectivity index (χ1) is 7.04. The minimum Gasteiger partial charge on any atom is -0.409 e. The smallest absolute Gasteiger partial charge is 0.409 e. The summed E-state index contributed by atoms with van der Waals surface area (Å²) < 4.78 is 25.4. The highest BCUT2D eigenvalue weighted by molar-refractivity contribution is 7.48. The normalized spacial score (nSPS) is 14.9. The standard InChI is InChI=1S/C7H12Cl2NO4P/c1-3-10-4-5-13-15(11,12-2)14-6-7(8)9/h4,6H,3,5H2,1-2H3. The maximum Gasteiger partial charge on any atom is 0.529 e. The Morgan fingerprint density at radius 1 is 1.53 bits per heavy atom. The number of halogens is 2. The molecule has 1 atom stereocenters. The Hall–Kier alpha value is -0.0600. The topological polar surface area (TPSA) is 57.1 Å². The highest BCUT2D eigenvalue weighted by Gasteiger charge is 2.24. The van der Waals surface area contributed by atoms with Crippen molar-refractivity contribution in [3.05, 3.63) is 10.8 Å². The predicted molar refractivity (Wildman–Crippen MR) is 60.5 cm³/mol. The van der Waals surface area contributed by atoms with Crippen LogP contribution >= 0.6 is 31.0 Å². The van der Waals surface area contributed by atoms with Crippen LogP contribution in [0.3, 0.4) is 0 Å². The molecule has 0 fully saturated rings. The molecule has 0 rings (SSSR count). The summed E-state index contributed by atoms with van der Waals surface area (Å²) in [5, 5.41) is 0. The summed E-state index contributed by atoms with van der Waals surface area (Å²) >= 11 is 10.5. The van der Waals surface area contributed by atoms with E-state index in [9.17, 15) is 4.57 Å². The zero-order valence-electron chi connectivity index (χ0n) is 8.35. The van der Waals surface area contributed by atoms with E-state index < -0.39 is 7.82 Å². The number of rotatable bonds is 7. The van der Waals surface area contributed by atoms with Crippen molar-refractivity contribution in [3.63, 3.8) is 0 Å². The molecule has 0 saturated carbocycles. The van der Waals surface area contributed by atoms with Gasteiger partial charge in [0.15, 0.2) is 0 Å². The Balaban J connectivity index is 4.14. The highest BCUT2D eigenvalue weighted by Crippen LogP contribution is 2.48. The molecule has 0 bridgehead atoms. The molecule has 5 nitrogen and oxygen atoms in total. The zero-order valence-corrected chi connectivity index (χ0v) is 10.8. The van der Waals surface area contributed by atoms with Gasteiger partial charge >= 0.3 is 7.82 Å². The Labute approximate surface area is 98.6 Å². The van der Waals surface area contributed by atoms with E-state index in [-0.39, 0.29) is 11.1 Å². The van der Waals surface area contributed by atoms with Gasteiger partial charge in [0.05, 0.1) is 6.61 Å². The van der Waals surface area contributed by atoms with Crippen molar-refractivity contribution < 1.29 is 18.1 Å². The molecule has 0 aliphatic rings. The molecule has 1 unspecified atom stereocenters. The lowest BCUT2D eigenvalue weighted by molar-refractivity contribution is 0.184. The van der Waals surface area contributed by atoms with Gasteiger partial charge in [-0.15, -0.1) is 0 Å². The fourth-order valence-corrected chi connectivity index (χ4v) is 1.49. The molecular weight excluding hydrogens is 264 g/mol. The number of nitrogens with zero attached hydrogens (tertiary/aromatic N) is 1. The third-order valence-corrected chi connectivity index (χ3v) is 2.57. The van der Waals surface area contributed by atoms with Gasteiger partial charge in [-0.1, -0.05) is 23.2 Å². The third-order valence-electron chi connectivity index (χ3n) is 1.11. The molecule has 0 heterocycles. The Kier molecular flexibility index (Phi) is 8.10. The van der Waals surface area contributed by atoms with E-state index in [1.165, 1.54) is 13.3 Å². The second-order valence-corrected chi connectivity index (χ2v) is 4.86. The fourth-order valence-electron chi connectivity index (χ4n) is 0.537. The van der Waals surface area contributed by atoms with E-state index in [1.807, 2.05) is 6.92 Å². The summed E-state index contributed by atoms with van der Waals surface area (Å²) in [5.74, 6) is 0. The van der Waals surface area contributed by atoms with Crippen LogP contribution in [0.5, 0.6) is 0 Å².